The maximum atomic E-state index is 5.58. The van der Waals surface area contributed by atoms with Crippen LogP contribution in [-0.4, -0.2) is 33.4 Å². The summed E-state index contributed by atoms with van der Waals surface area (Å²) in [6.45, 7) is 7.62. The standard InChI is InChI=1S/C17H27NO3/c1-17(2,3)18-10-11-9-13(11)12-7-8-14(19-4)16(21-6)15(12)20-5/h7-8,11,13,18H,9-10H2,1-6H3. The van der Waals surface area contributed by atoms with Crippen LogP contribution in [0.1, 0.15) is 38.7 Å². The van der Waals surface area contributed by atoms with Crippen LogP contribution >= 0.6 is 0 Å². The molecule has 0 aromatic heterocycles. The van der Waals surface area contributed by atoms with Gasteiger partial charge in [-0.3, -0.25) is 0 Å². The van der Waals surface area contributed by atoms with Crippen LogP contribution in [0.5, 0.6) is 17.2 Å². The first-order valence-corrected chi connectivity index (χ1v) is 7.45. The van der Waals surface area contributed by atoms with Crippen LogP contribution in [0, 0.1) is 5.92 Å². The van der Waals surface area contributed by atoms with Gasteiger partial charge in [-0.25, -0.2) is 0 Å². The Kier molecular flexibility index (Phi) is 4.67. The predicted octanol–water partition coefficient (Wildman–Crippen LogP) is 3.20. The number of ether oxygens (including phenoxy) is 3. The summed E-state index contributed by atoms with van der Waals surface area (Å²) >= 11 is 0. The molecule has 0 amide bonds. The molecule has 0 bridgehead atoms. The van der Waals surface area contributed by atoms with Crippen molar-refractivity contribution in [3.63, 3.8) is 0 Å². The Morgan fingerprint density at radius 3 is 2.24 bits per heavy atom. The van der Waals surface area contributed by atoms with Crippen molar-refractivity contribution in [3.8, 4) is 17.2 Å². The highest BCUT2D eigenvalue weighted by Gasteiger charge is 2.41. The fraction of sp³-hybridized carbons (Fsp3) is 0.647. The Bertz CT molecular complexity index is 494. The molecule has 1 aliphatic carbocycles. The van der Waals surface area contributed by atoms with Gasteiger partial charge in [0.05, 0.1) is 21.3 Å². The molecule has 4 heteroatoms. The minimum atomic E-state index is 0.162. The first-order chi connectivity index (χ1) is 9.91. The fourth-order valence-corrected chi connectivity index (χ4v) is 2.71. The molecule has 1 aromatic carbocycles. The number of benzene rings is 1. The lowest BCUT2D eigenvalue weighted by atomic mass is 10.1. The minimum Gasteiger partial charge on any atom is -0.493 e. The zero-order valence-corrected chi connectivity index (χ0v) is 13.9. The van der Waals surface area contributed by atoms with Crippen LogP contribution in [0.25, 0.3) is 0 Å². The Morgan fingerprint density at radius 2 is 1.71 bits per heavy atom. The summed E-state index contributed by atoms with van der Waals surface area (Å²) in [5, 5.41) is 3.58. The molecule has 1 aromatic rings. The average molecular weight is 293 g/mol. The summed E-state index contributed by atoms with van der Waals surface area (Å²) < 4.78 is 16.4. The van der Waals surface area contributed by atoms with Gasteiger partial charge in [-0.2, -0.15) is 0 Å². The smallest absolute Gasteiger partial charge is 0.203 e. The second kappa shape index (κ2) is 6.14. The molecule has 1 aliphatic rings. The van der Waals surface area contributed by atoms with Crippen molar-refractivity contribution in [1.29, 1.82) is 0 Å². The SMILES string of the molecule is COc1ccc(C2CC2CNC(C)(C)C)c(OC)c1OC. The fourth-order valence-electron chi connectivity index (χ4n) is 2.71. The largest absolute Gasteiger partial charge is 0.493 e. The van der Waals surface area contributed by atoms with Crippen LogP contribution in [0.2, 0.25) is 0 Å². The zero-order valence-electron chi connectivity index (χ0n) is 13.9. The number of rotatable bonds is 6. The summed E-state index contributed by atoms with van der Waals surface area (Å²) in [5.41, 5.74) is 1.38. The zero-order chi connectivity index (χ0) is 15.6. The molecule has 1 saturated carbocycles. The van der Waals surface area contributed by atoms with E-state index < -0.39 is 0 Å². The van der Waals surface area contributed by atoms with Gasteiger partial charge in [-0.05, 0) is 51.6 Å². The quantitative estimate of drug-likeness (QED) is 0.874. The van der Waals surface area contributed by atoms with Gasteiger partial charge >= 0.3 is 0 Å². The van der Waals surface area contributed by atoms with Crippen molar-refractivity contribution in [2.75, 3.05) is 27.9 Å². The molecule has 4 nitrogen and oxygen atoms in total. The summed E-state index contributed by atoms with van der Waals surface area (Å²) in [7, 11) is 4.98. The van der Waals surface area contributed by atoms with Crippen molar-refractivity contribution in [2.24, 2.45) is 5.92 Å². The first kappa shape index (κ1) is 16.0. The summed E-state index contributed by atoms with van der Waals surface area (Å²) in [5.74, 6) is 3.40. The van der Waals surface area contributed by atoms with Gasteiger partial charge in [0.1, 0.15) is 0 Å². The third-order valence-electron chi connectivity index (χ3n) is 3.95. The van der Waals surface area contributed by atoms with Crippen molar-refractivity contribution in [3.05, 3.63) is 17.7 Å². The highest BCUT2D eigenvalue weighted by atomic mass is 16.5. The maximum absolute atomic E-state index is 5.58. The van der Waals surface area contributed by atoms with E-state index in [-0.39, 0.29) is 5.54 Å². The number of nitrogens with one attached hydrogen (secondary N) is 1. The van der Waals surface area contributed by atoms with E-state index in [1.54, 1.807) is 21.3 Å². The van der Waals surface area contributed by atoms with E-state index >= 15 is 0 Å². The molecular formula is C17H27NO3. The number of hydrogen-bond acceptors (Lipinski definition) is 4. The second-order valence-electron chi connectivity index (χ2n) is 6.66. The van der Waals surface area contributed by atoms with Crippen LogP contribution in [0.3, 0.4) is 0 Å². The summed E-state index contributed by atoms with van der Waals surface area (Å²) in [4.78, 5) is 0. The number of methoxy groups -OCH3 is 3. The molecule has 21 heavy (non-hydrogen) atoms. The monoisotopic (exact) mass is 293 g/mol. The molecule has 0 aliphatic heterocycles. The third-order valence-corrected chi connectivity index (χ3v) is 3.95. The second-order valence-corrected chi connectivity index (χ2v) is 6.66. The van der Waals surface area contributed by atoms with E-state index in [1.807, 2.05) is 6.07 Å². The van der Waals surface area contributed by atoms with Gasteiger partial charge in [0.2, 0.25) is 5.75 Å². The van der Waals surface area contributed by atoms with Crippen LogP contribution in [0.15, 0.2) is 12.1 Å². The average Bonchev–Trinajstić information content (AvgIpc) is 3.21. The van der Waals surface area contributed by atoms with Gasteiger partial charge in [0, 0.05) is 11.1 Å². The van der Waals surface area contributed by atoms with E-state index in [1.165, 1.54) is 12.0 Å². The van der Waals surface area contributed by atoms with Gasteiger partial charge in [0.25, 0.3) is 0 Å². The highest BCUT2D eigenvalue weighted by Crippen LogP contribution is 2.53. The van der Waals surface area contributed by atoms with E-state index in [0.717, 1.165) is 12.3 Å². The van der Waals surface area contributed by atoms with Gasteiger partial charge in [-0.1, -0.05) is 6.07 Å². The molecule has 2 unspecified atom stereocenters. The molecule has 1 fully saturated rings. The molecule has 118 valence electrons. The summed E-state index contributed by atoms with van der Waals surface area (Å²) in [6, 6.07) is 4.06. The molecule has 0 radical (unpaired) electrons. The van der Waals surface area contributed by atoms with Crippen molar-refractivity contribution < 1.29 is 14.2 Å². The topological polar surface area (TPSA) is 39.7 Å². The maximum Gasteiger partial charge on any atom is 0.203 e. The van der Waals surface area contributed by atoms with Crippen LogP contribution < -0.4 is 19.5 Å². The summed E-state index contributed by atoms with van der Waals surface area (Å²) in [6.07, 6.45) is 1.19. The molecule has 0 heterocycles. The van der Waals surface area contributed by atoms with E-state index in [2.05, 4.69) is 32.2 Å². The molecular weight excluding hydrogens is 266 g/mol. The van der Waals surface area contributed by atoms with E-state index in [4.69, 9.17) is 14.2 Å². The Balaban J connectivity index is 2.15. The lowest BCUT2D eigenvalue weighted by Crippen LogP contribution is -2.37. The van der Waals surface area contributed by atoms with Crippen molar-refractivity contribution in [1.82, 2.24) is 5.32 Å². The van der Waals surface area contributed by atoms with Crippen molar-refractivity contribution >= 4 is 0 Å². The minimum absolute atomic E-state index is 0.162. The van der Waals surface area contributed by atoms with Gasteiger partial charge in [0.15, 0.2) is 11.5 Å². The predicted molar refractivity (Wildman–Crippen MR) is 84.7 cm³/mol. The van der Waals surface area contributed by atoms with Gasteiger partial charge in [-0.15, -0.1) is 0 Å². The normalized spacial score (nSPS) is 21.0. The van der Waals surface area contributed by atoms with Crippen LogP contribution in [-0.2, 0) is 0 Å². The van der Waals surface area contributed by atoms with E-state index in [9.17, 15) is 0 Å². The third kappa shape index (κ3) is 3.62. The Labute approximate surface area is 127 Å². The molecule has 0 saturated heterocycles. The van der Waals surface area contributed by atoms with E-state index in [0.29, 0.717) is 23.3 Å². The molecule has 2 atom stereocenters. The number of hydrogen-bond donors (Lipinski definition) is 1. The lowest BCUT2D eigenvalue weighted by Gasteiger charge is -2.20. The highest BCUT2D eigenvalue weighted by molar-refractivity contribution is 5.57. The van der Waals surface area contributed by atoms with Crippen LogP contribution in [0.4, 0.5) is 0 Å². The van der Waals surface area contributed by atoms with Gasteiger partial charge < -0.3 is 19.5 Å². The molecule has 1 N–H and O–H groups in total. The lowest BCUT2D eigenvalue weighted by molar-refractivity contribution is 0.322. The van der Waals surface area contributed by atoms with Crippen molar-refractivity contribution in [2.45, 2.75) is 38.6 Å². The Hall–Kier alpha value is -1.42. The molecule has 2 rings (SSSR count). The first-order valence-electron chi connectivity index (χ1n) is 7.45. The Morgan fingerprint density at radius 1 is 1.05 bits per heavy atom. The molecule has 0 spiro atoms.